The Labute approximate surface area is 121 Å². The molecule has 4 heteroatoms. The van der Waals surface area contributed by atoms with Gasteiger partial charge in [-0.1, -0.05) is 37.3 Å². The third-order valence-electron chi connectivity index (χ3n) is 4.26. The van der Waals surface area contributed by atoms with Crippen molar-refractivity contribution in [2.45, 2.75) is 25.9 Å². The Morgan fingerprint density at radius 1 is 1.40 bits per heavy atom. The van der Waals surface area contributed by atoms with Gasteiger partial charge in [0.15, 0.2) is 0 Å². The van der Waals surface area contributed by atoms with E-state index in [0.717, 1.165) is 26.1 Å². The number of rotatable bonds is 4. The van der Waals surface area contributed by atoms with Gasteiger partial charge in [0.25, 0.3) is 0 Å². The maximum Gasteiger partial charge on any atom is 0.236 e. The number of piperidine rings is 1. The number of carbonyl (C=O) groups excluding carboxylic acids is 1. The van der Waals surface area contributed by atoms with E-state index in [0.29, 0.717) is 12.0 Å². The molecule has 1 aliphatic heterocycles. The second-order valence-corrected chi connectivity index (χ2v) is 5.76. The Morgan fingerprint density at radius 3 is 2.70 bits per heavy atom. The van der Waals surface area contributed by atoms with Gasteiger partial charge >= 0.3 is 0 Å². The Hall–Kier alpha value is -1.39. The van der Waals surface area contributed by atoms with Crippen LogP contribution in [0.1, 0.15) is 18.9 Å². The molecule has 20 heavy (non-hydrogen) atoms. The molecule has 1 amide bonds. The molecule has 1 heterocycles. The molecule has 0 saturated carbocycles. The third-order valence-corrected chi connectivity index (χ3v) is 4.26. The van der Waals surface area contributed by atoms with Crippen LogP contribution in [0.25, 0.3) is 0 Å². The van der Waals surface area contributed by atoms with E-state index in [9.17, 15) is 4.79 Å². The number of amides is 1. The lowest BCUT2D eigenvalue weighted by molar-refractivity contribution is -0.132. The molecule has 1 aromatic rings. The molecule has 1 aromatic carbocycles. The van der Waals surface area contributed by atoms with Crippen LogP contribution in [-0.2, 0) is 11.3 Å². The predicted octanol–water partition coefficient (Wildman–Crippen LogP) is 1.31. The molecule has 1 saturated heterocycles. The maximum atomic E-state index is 11.7. The van der Waals surface area contributed by atoms with Crippen LogP contribution in [0.3, 0.4) is 0 Å². The summed E-state index contributed by atoms with van der Waals surface area (Å²) in [6, 6.07) is 10.9. The van der Waals surface area contributed by atoms with Gasteiger partial charge in [-0.3, -0.25) is 9.69 Å². The van der Waals surface area contributed by atoms with Crippen LogP contribution < -0.4 is 5.73 Å². The molecule has 0 bridgehead atoms. The van der Waals surface area contributed by atoms with Crippen LogP contribution in [0.15, 0.2) is 30.3 Å². The van der Waals surface area contributed by atoms with Crippen molar-refractivity contribution in [3.05, 3.63) is 35.9 Å². The summed E-state index contributed by atoms with van der Waals surface area (Å²) in [7, 11) is 1.88. The molecule has 2 rings (SSSR count). The van der Waals surface area contributed by atoms with Crippen LogP contribution >= 0.6 is 0 Å². The number of benzene rings is 1. The second-order valence-electron chi connectivity index (χ2n) is 5.76. The summed E-state index contributed by atoms with van der Waals surface area (Å²) in [6.07, 6.45) is 1.02. The van der Waals surface area contributed by atoms with Crippen molar-refractivity contribution in [2.24, 2.45) is 11.7 Å². The number of likely N-dealkylation sites (N-methyl/N-ethyl adjacent to an activating group) is 1. The number of hydrogen-bond donors (Lipinski definition) is 1. The summed E-state index contributed by atoms with van der Waals surface area (Å²) in [5, 5.41) is 0. The minimum atomic E-state index is 0.0401. The maximum absolute atomic E-state index is 11.7. The molecule has 1 fully saturated rings. The van der Waals surface area contributed by atoms with Crippen molar-refractivity contribution in [1.29, 1.82) is 0 Å². The Balaban J connectivity index is 1.90. The first-order valence-electron chi connectivity index (χ1n) is 7.34. The first kappa shape index (κ1) is 15.0. The van der Waals surface area contributed by atoms with Crippen LogP contribution in [0.5, 0.6) is 0 Å². The number of hydrogen-bond acceptors (Lipinski definition) is 3. The summed E-state index contributed by atoms with van der Waals surface area (Å²) in [4.78, 5) is 16.0. The lowest BCUT2D eigenvalue weighted by atomic mass is 9.92. The highest BCUT2D eigenvalue weighted by atomic mass is 16.2. The first-order valence-corrected chi connectivity index (χ1v) is 7.34. The first-order chi connectivity index (χ1) is 9.61. The standard InChI is InChI=1S/C16H25N3O/c1-13-11-19(12-14-6-4-3-5-7-14)9-8-15(13)18(2)16(20)10-17/h3-7,13,15H,8-12,17H2,1-2H3. The molecule has 0 spiro atoms. The van der Waals surface area contributed by atoms with Gasteiger partial charge in [0, 0.05) is 32.7 Å². The molecule has 2 atom stereocenters. The monoisotopic (exact) mass is 275 g/mol. The van der Waals surface area contributed by atoms with Crippen LogP contribution in [0.2, 0.25) is 0 Å². The number of likely N-dealkylation sites (tertiary alicyclic amines) is 1. The zero-order valence-electron chi connectivity index (χ0n) is 12.5. The van der Waals surface area contributed by atoms with Crippen LogP contribution in [0, 0.1) is 5.92 Å². The van der Waals surface area contributed by atoms with Gasteiger partial charge in [0.2, 0.25) is 5.91 Å². The summed E-state index contributed by atoms with van der Waals surface area (Å²) in [5.74, 6) is 0.520. The van der Waals surface area contributed by atoms with Gasteiger partial charge in [-0.25, -0.2) is 0 Å². The molecule has 2 unspecified atom stereocenters. The largest absolute Gasteiger partial charge is 0.341 e. The van der Waals surface area contributed by atoms with Gasteiger partial charge in [-0.05, 0) is 17.9 Å². The smallest absolute Gasteiger partial charge is 0.236 e. The summed E-state index contributed by atoms with van der Waals surface area (Å²) < 4.78 is 0. The topological polar surface area (TPSA) is 49.6 Å². The number of nitrogens with two attached hydrogens (primary N) is 1. The Kier molecular flexibility index (Phi) is 5.15. The fraction of sp³-hybridized carbons (Fsp3) is 0.562. The van der Waals surface area contributed by atoms with Crippen molar-refractivity contribution in [1.82, 2.24) is 9.80 Å². The minimum absolute atomic E-state index is 0.0401. The van der Waals surface area contributed by atoms with Crippen molar-refractivity contribution in [2.75, 3.05) is 26.7 Å². The Bertz CT molecular complexity index is 435. The molecule has 0 aromatic heterocycles. The van der Waals surface area contributed by atoms with E-state index in [-0.39, 0.29) is 12.5 Å². The highest BCUT2D eigenvalue weighted by Gasteiger charge is 2.30. The van der Waals surface area contributed by atoms with E-state index < -0.39 is 0 Å². The average Bonchev–Trinajstić information content (AvgIpc) is 2.47. The van der Waals surface area contributed by atoms with Crippen molar-refractivity contribution in [3.63, 3.8) is 0 Å². The minimum Gasteiger partial charge on any atom is -0.341 e. The summed E-state index contributed by atoms with van der Waals surface area (Å²) in [5.41, 5.74) is 6.80. The number of nitrogens with zero attached hydrogens (tertiary/aromatic N) is 2. The zero-order valence-corrected chi connectivity index (χ0v) is 12.5. The Morgan fingerprint density at radius 2 is 2.10 bits per heavy atom. The quantitative estimate of drug-likeness (QED) is 0.901. The average molecular weight is 275 g/mol. The fourth-order valence-electron chi connectivity index (χ4n) is 3.11. The van der Waals surface area contributed by atoms with E-state index in [4.69, 9.17) is 5.73 Å². The second kappa shape index (κ2) is 6.86. The highest BCUT2D eigenvalue weighted by molar-refractivity contribution is 5.78. The van der Waals surface area contributed by atoms with Crippen molar-refractivity contribution < 1.29 is 4.79 Å². The van der Waals surface area contributed by atoms with E-state index in [1.165, 1.54) is 5.56 Å². The van der Waals surface area contributed by atoms with E-state index >= 15 is 0 Å². The molecule has 2 N–H and O–H groups in total. The highest BCUT2D eigenvalue weighted by Crippen LogP contribution is 2.22. The molecule has 4 nitrogen and oxygen atoms in total. The van der Waals surface area contributed by atoms with E-state index in [1.54, 1.807) is 0 Å². The van der Waals surface area contributed by atoms with E-state index in [2.05, 4.69) is 36.1 Å². The number of carbonyl (C=O) groups is 1. The molecule has 1 aliphatic rings. The summed E-state index contributed by atoms with van der Waals surface area (Å²) >= 11 is 0. The third kappa shape index (κ3) is 3.58. The van der Waals surface area contributed by atoms with Gasteiger partial charge in [-0.2, -0.15) is 0 Å². The molecule has 110 valence electrons. The summed E-state index contributed by atoms with van der Waals surface area (Å²) in [6.45, 7) is 5.38. The van der Waals surface area contributed by atoms with Crippen LogP contribution in [0.4, 0.5) is 0 Å². The van der Waals surface area contributed by atoms with Gasteiger partial charge in [-0.15, -0.1) is 0 Å². The molecular weight excluding hydrogens is 250 g/mol. The lowest BCUT2D eigenvalue weighted by Crippen LogP contribution is -2.51. The van der Waals surface area contributed by atoms with Gasteiger partial charge in [0.05, 0.1) is 6.54 Å². The zero-order chi connectivity index (χ0) is 14.5. The molecular formula is C16H25N3O. The SMILES string of the molecule is CC1CN(Cc2ccccc2)CCC1N(C)C(=O)CN. The molecule has 0 aliphatic carbocycles. The van der Waals surface area contributed by atoms with Crippen LogP contribution in [-0.4, -0.2) is 48.4 Å². The van der Waals surface area contributed by atoms with E-state index in [1.807, 2.05) is 18.0 Å². The lowest BCUT2D eigenvalue weighted by Gasteiger charge is -2.41. The molecule has 0 radical (unpaired) electrons. The predicted molar refractivity (Wildman–Crippen MR) is 81.1 cm³/mol. The van der Waals surface area contributed by atoms with Crippen molar-refractivity contribution >= 4 is 5.91 Å². The normalized spacial score (nSPS) is 23.6. The fourth-order valence-corrected chi connectivity index (χ4v) is 3.11. The van der Waals surface area contributed by atoms with Gasteiger partial charge in [0.1, 0.15) is 0 Å². The van der Waals surface area contributed by atoms with Crippen molar-refractivity contribution in [3.8, 4) is 0 Å². The van der Waals surface area contributed by atoms with Gasteiger partial charge < -0.3 is 10.6 Å².